The second-order valence-corrected chi connectivity index (χ2v) is 4.42. The van der Waals surface area contributed by atoms with Crippen molar-refractivity contribution < 1.29 is 4.79 Å². The first-order chi connectivity index (χ1) is 8.22. The highest BCUT2D eigenvalue weighted by atomic mass is 16.2. The third-order valence-electron chi connectivity index (χ3n) is 3.22. The van der Waals surface area contributed by atoms with Crippen LogP contribution in [-0.4, -0.2) is 28.4 Å². The van der Waals surface area contributed by atoms with Crippen molar-refractivity contribution in [3.63, 3.8) is 0 Å². The molecule has 1 unspecified atom stereocenters. The third-order valence-corrected chi connectivity index (χ3v) is 3.22. The molecule has 2 heterocycles. The van der Waals surface area contributed by atoms with Crippen LogP contribution in [0.5, 0.6) is 0 Å². The number of nitrogens with one attached hydrogen (secondary N) is 1. The fourth-order valence-electron chi connectivity index (χ4n) is 2.21. The Labute approximate surface area is 101 Å². The molecule has 92 valence electrons. The van der Waals surface area contributed by atoms with Crippen molar-refractivity contribution in [3.05, 3.63) is 23.9 Å². The summed E-state index contributed by atoms with van der Waals surface area (Å²) in [5, 5.41) is 0. The number of amides is 1. The molecule has 1 fully saturated rings. The van der Waals surface area contributed by atoms with Gasteiger partial charge in [-0.2, -0.15) is 0 Å². The highest BCUT2D eigenvalue weighted by Gasteiger charge is 2.24. The van der Waals surface area contributed by atoms with E-state index in [9.17, 15) is 4.79 Å². The second kappa shape index (κ2) is 5.14. The smallest absolute Gasteiger partial charge is 0.254 e. The van der Waals surface area contributed by atoms with E-state index < -0.39 is 0 Å². The molecule has 2 rings (SSSR count). The van der Waals surface area contributed by atoms with Crippen molar-refractivity contribution in [1.82, 2.24) is 9.88 Å². The number of hydrazine groups is 1. The lowest BCUT2D eigenvalue weighted by atomic mass is 10.0. The number of nitrogen functional groups attached to an aromatic ring is 1. The van der Waals surface area contributed by atoms with Gasteiger partial charge in [0.15, 0.2) is 0 Å². The number of piperidine rings is 1. The van der Waals surface area contributed by atoms with Gasteiger partial charge < -0.3 is 10.3 Å². The van der Waals surface area contributed by atoms with Crippen LogP contribution in [0.2, 0.25) is 0 Å². The predicted octanol–water partition coefficient (Wildman–Crippen LogP) is 1.38. The molecule has 1 amide bonds. The Hall–Kier alpha value is -1.62. The van der Waals surface area contributed by atoms with Crippen molar-refractivity contribution in [2.75, 3.05) is 12.0 Å². The number of hydrogen-bond acceptors (Lipinski definition) is 4. The standard InChI is InChI=1S/C12H18N4O/c1-9-4-2-3-7-16(9)12(17)10-5-6-14-11(8-10)15-13/h5-6,8-9H,2-4,7,13H2,1H3,(H,14,15). The highest BCUT2D eigenvalue weighted by molar-refractivity contribution is 5.95. The van der Waals surface area contributed by atoms with Crippen molar-refractivity contribution in [3.8, 4) is 0 Å². The van der Waals surface area contributed by atoms with Crippen LogP contribution >= 0.6 is 0 Å². The van der Waals surface area contributed by atoms with Crippen molar-refractivity contribution in [2.24, 2.45) is 5.84 Å². The van der Waals surface area contributed by atoms with E-state index in [4.69, 9.17) is 5.84 Å². The van der Waals surface area contributed by atoms with Crippen molar-refractivity contribution >= 4 is 11.7 Å². The molecule has 0 bridgehead atoms. The molecule has 3 N–H and O–H groups in total. The molecule has 1 aromatic heterocycles. The first-order valence-electron chi connectivity index (χ1n) is 5.96. The van der Waals surface area contributed by atoms with Gasteiger partial charge in [0, 0.05) is 24.3 Å². The minimum atomic E-state index is 0.0658. The summed E-state index contributed by atoms with van der Waals surface area (Å²) in [4.78, 5) is 18.2. The SMILES string of the molecule is CC1CCCCN1C(=O)c1ccnc(NN)c1. The van der Waals surface area contributed by atoms with Crippen LogP contribution in [0.1, 0.15) is 36.5 Å². The van der Waals surface area contributed by atoms with Crippen LogP contribution in [0.25, 0.3) is 0 Å². The fourth-order valence-corrected chi connectivity index (χ4v) is 2.21. The molecule has 0 aliphatic carbocycles. The Bertz CT molecular complexity index is 407. The topological polar surface area (TPSA) is 71.2 Å². The summed E-state index contributed by atoms with van der Waals surface area (Å²) in [7, 11) is 0. The van der Waals surface area contributed by atoms with Gasteiger partial charge in [-0.15, -0.1) is 0 Å². The maximum atomic E-state index is 12.3. The number of nitrogens with zero attached hydrogens (tertiary/aromatic N) is 2. The summed E-state index contributed by atoms with van der Waals surface area (Å²) in [5.41, 5.74) is 3.09. The number of carbonyl (C=O) groups excluding carboxylic acids is 1. The molecule has 0 spiro atoms. The van der Waals surface area contributed by atoms with E-state index in [1.165, 1.54) is 6.42 Å². The predicted molar refractivity (Wildman–Crippen MR) is 66.4 cm³/mol. The molecule has 1 saturated heterocycles. The minimum absolute atomic E-state index is 0.0658. The first kappa shape index (κ1) is 11.9. The second-order valence-electron chi connectivity index (χ2n) is 4.42. The number of aromatic nitrogens is 1. The molecule has 5 heteroatoms. The zero-order valence-corrected chi connectivity index (χ0v) is 10.0. The summed E-state index contributed by atoms with van der Waals surface area (Å²) in [6.07, 6.45) is 4.97. The average Bonchev–Trinajstić information content (AvgIpc) is 2.38. The lowest BCUT2D eigenvalue weighted by molar-refractivity contribution is 0.0635. The van der Waals surface area contributed by atoms with E-state index in [1.807, 2.05) is 4.90 Å². The lowest BCUT2D eigenvalue weighted by Gasteiger charge is -2.33. The van der Waals surface area contributed by atoms with Gasteiger partial charge in [0.2, 0.25) is 0 Å². The average molecular weight is 234 g/mol. The molecular weight excluding hydrogens is 216 g/mol. The van der Waals surface area contributed by atoms with E-state index in [1.54, 1.807) is 18.3 Å². The summed E-state index contributed by atoms with van der Waals surface area (Å²) < 4.78 is 0. The van der Waals surface area contributed by atoms with Crippen LogP contribution in [0, 0.1) is 0 Å². The molecule has 1 aliphatic heterocycles. The quantitative estimate of drug-likeness (QED) is 0.599. The van der Waals surface area contributed by atoms with Crippen molar-refractivity contribution in [1.29, 1.82) is 0 Å². The van der Waals surface area contributed by atoms with Crippen LogP contribution in [0.4, 0.5) is 5.82 Å². The molecule has 0 radical (unpaired) electrons. The normalized spacial score (nSPS) is 20.1. The zero-order valence-electron chi connectivity index (χ0n) is 10.0. The van der Waals surface area contributed by atoms with Gasteiger partial charge in [-0.25, -0.2) is 10.8 Å². The van der Waals surface area contributed by atoms with E-state index in [0.29, 0.717) is 17.4 Å². The Morgan fingerprint density at radius 2 is 2.41 bits per heavy atom. The van der Waals surface area contributed by atoms with Crippen LogP contribution in [0.15, 0.2) is 18.3 Å². The first-order valence-corrected chi connectivity index (χ1v) is 5.96. The summed E-state index contributed by atoms with van der Waals surface area (Å²) in [6.45, 7) is 2.94. The number of rotatable bonds is 2. The molecule has 17 heavy (non-hydrogen) atoms. The molecule has 1 aliphatic rings. The fraction of sp³-hybridized carbons (Fsp3) is 0.500. The van der Waals surface area contributed by atoms with Gasteiger partial charge in [0.25, 0.3) is 5.91 Å². The number of carbonyl (C=O) groups is 1. The van der Waals surface area contributed by atoms with Gasteiger partial charge in [-0.1, -0.05) is 0 Å². The number of pyridine rings is 1. The highest BCUT2D eigenvalue weighted by Crippen LogP contribution is 2.19. The van der Waals surface area contributed by atoms with Gasteiger partial charge in [-0.05, 0) is 38.3 Å². The van der Waals surface area contributed by atoms with Crippen LogP contribution in [-0.2, 0) is 0 Å². The number of nitrogens with two attached hydrogens (primary N) is 1. The monoisotopic (exact) mass is 234 g/mol. The van der Waals surface area contributed by atoms with E-state index in [0.717, 1.165) is 19.4 Å². The third kappa shape index (κ3) is 2.55. The number of likely N-dealkylation sites (tertiary alicyclic amines) is 1. The Kier molecular flexibility index (Phi) is 3.58. The van der Waals surface area contributed by atoms with Crippen LogP contribution in [0.3, 0.4) is 0 Å². The van der Waals surface area contributed by atoms with Gasteiger partial charge in [-0.3, -0.25) is 4.79 Å². The largest absolute Gasteiger partial charge is 0.336 e. The maximum absolute atomic E-state index is 12.3. The van der Waals surface area contributed by atoms with Gasteiger partial charge in [0.1, 0.15) is 5.82 Å². The molecule has 5 nitrogen and oxygen atoms in total. The lowest BCUT2D eigenvalue weighted by Crippen LogP contribution is -2.42. The molecular formula is C12H18N4O. The Morgan fingerprint density at radius 1 is 1.59 bits per heavy atom. The van der Waals surface area contributed by atoms with Crippen molar-refractivity contribution in [2.45, 2.75) is 32.2 Å². The van der Waals surface area contributed by atoms with E-state index in [-0.39, 0.29) is 5.91 Å². The van der Waals surface area contributed by atoms with Gasteiger partial charge >= 0.3 is 0 Å². The Morgan fingerprint density at radius 3 is 3.12 bits per heavy atom. The Balaban J connectivity index is 2.17. The molecule has 1 aromatic rings. The number of anilines is 1. The zero-order chi connectivity index (χ0) is 12.3. The van der Waals surface area contributed by atoms with Crippen LogP contribution < -0.4 is 11.3 Å². The molecule has 0 saturated carbocycles. The maximum Gasteiger partial charge on any atom is 0.254 e. The summed E-state index contributed by atoms with van der Waals surface area (Å²) >= 11 is 0. The molecule has 1 atom stereocenters. The summed E-state index contributed by atoms with van der Waals surface area (Å²) in [5.74, 6) is 5.87. The van der Waals surface area contributed by atoms with Gasteiger partial charge in [0.05, 0.1) is 0 Å². The number of hydrogen-bond donors (Lipinski definition) is 2. The minimum Gasteiger partial charge on any atom is -0.336 e. The molecule has 0 aromatic carbocycles. The van der Waals surface area contributed by atoms with E-state index in [2.05, 4.69) is 17.3 Å². The summed E-state index contributed by atoms with van der Waals surface area (Å²) in [6, 6.07) is 3.73. The van der Waals surface area contributed by atoms with E-state index >= 15 is 0 Å².